The molecule has 7 heteroatoms. The van der Waals surface area contributed by atoms with Crippen molar-refractivity contribution in [3.63, 3.8) is 0 Å². The van der Waals surface area contributed by atoms with Crippen molar-refractivity contribution in [3.8, 4) is 0 Å². The summed E-state index contributed by atoms with van der Waals surface area (Å²) in [5, 5.41) is 12.4. The normalized spacial score (nSPS) is 24.5. The number of fused-ring (bicyclic) bond motifs is 4. The lowest BCUT2D eigenvalue weighted by Crippen LogP contribution is -2.37. The van der Waals surface area contributed by atoms with Crippen LogP contribution in [0.15, 0.2) is 24.1 Å². The predicted molar refractivity (Wildman–Crippen MR) is 67.5 cm³/mol. The summed E-state index contributed by atoms with van der Waals surface area (Å²) in [6, 6.07) is 0.323. The third-order valence-electron chi connectivity index (χ3n) is 3.30. The van der Waals surface area contributed by atoms with Gasteiger partial charge in [0.15, 0.2) is 6.04 Å². The van der Waals surface area contributed by atoms with Gasteiger partial charge in [0, 0.05) is 4.88 Å². The molecule has 0 radical (unpaired) electrons. The van der Waals surface area contributed by atoms with Gasteiger partial charge in [0.1, 0.15) is 6.04 Å². The summed E-state index contributed by atoms with van der Waals surface area (Å²) in [6.45, 7) is 4.10. The Morgan fingerprint density at radius 2 is 2.47 bits per heavy atom. The summed E-state index contributed by atoms with van der Waals surface area (Å²) in [7, 11) is 0. The van der Waals surface area contributed by atoms with Crippen molar-refractivity contribution in [3.05, 3.63) is 34.5 Å². The highest BCUT2D eigenvalue weighted by molar-refractivity contribution is 7.10. The number of carbonyl (C=O) groups is 2. The molecular weight excluding hydrogens is 268 g/mol. The van der Waals surface area contributed by atoms with Crippen molar-refractivity contribution in [1.82, 2.24) is 9.96 Å². The van der Waals surface area contributed by atoms with Gasteiger partial charge in [-0.2, -0.15) is 5.06 Å². The van der Waals surface area contributed by atoms with Crippen molar-refractivity contribution in [1.29, 1.82) is 0 Å². The summed E-state index contributed by atoms with van der Waals surface area (Å²) < 4.78 is 0. The van der Waals surface area contributed by atoms with Crippen molar-refractivity contribution in [2.24, 2.45) is 0 Å². The highest BCUT2D eigenvalue weighted by atomic mass is 32.1. The van der Waals surface area contributed by atoms with Gasteiger partial charge in [-0.1, -0.05) is 6.08 Å². The van der Waals surface area contributed by atoms with Crippen molar-refractivity contribution in [2.45, 2.75) is 12.1 Å². The number of hydroxylamine groups is 2. The molecule has 2 aliphatic heterocycles. The predicted octanol–water partition coefficient (Wildman–Crippen LogP) is 1.78. The summed E-state index contributed by atoms with van der Waals surface area (Å²) in [4.78, 5) is 31.0. The maximum absolute atomic E-state index is 12.2. The molecule has 2 atom stereocenters. The number of carbonyl (C=O) groups excluding carboxylic acids is 1. The molecule has 1 aromatic heterocycles. The molecule has 19 heavy (non-hydrogen) atoms. The van der Waals surface area contributed by atoms with E-state index in [1.165, 1.54) is 21.3 Å². The monoisotopic (exact) mass is 280 g/mol. The number of thiophene rings is 1. The van der Waals surface area contributed by atoms with Crippen LogP contribution < -0.4 is 0 Å². The smallest absolute Gasteiger partial charge is 0.345 e. The van der Waals surface area contributed by atoms with Gasteiger partial charge < -0.3 is 10.0 Å². The van der Waals surface area contributed by atoms with Crippen LogP contribution in [-0.4, -0.2) is 40.2 Å². The summed E-state index contributed by atoms with van der Waals surface area (Å²) >= 11 is 1.36. The molecule has 2 bridgehead atoms. The Balaban J connectivity index is 2.02. The number of hydrogen-bond acceptors (Lipinski definition) is 4. The molecule has 2 aliphatic rings. The van der Waals surface area contributed by atoms with Gasteiger partial charge in [-0.25, -0.2) is 9.59 Å². The maximum Gasteiger partial charge on any atom is 0.345 e. The SMILES string of the molecule is C=CCON1C(=O)N2C[C@H]1c1ccsc1[C@H]2C(=O)O. The molecule has 100 valence electrons. The minimum atomic E-state index is -1.01. The Labute approximate surface area is 113 Å². The Morgan fingerprint density at radius 3 is 3.16 bits per heavy atom. The average molecular weight is 280 g/mol. The van der Waals surface area contributed by atoms with E-state index in [-0.39, 0.29) is 12.6 Å². The van der Waals surface area contributed by atoms with Gasteiger partial charge in [-0.05, 0) is 17.0 Å². The van der Waals surface area contributed by atoms with Crippen LogP contribution in [0.3, 0.4) is 0 Å². The molecule has 0 spiro atoms. The van der Waals surface area contributed by atoms with Crippen LogP contribution in [-0.2, 0) is 9.63 Å². The van der Waals surface area contributed by atoms with Crippen LogP contribution in [0, 0.1) is 0 Å². The first-order valence-electron chi connectivity index (χ1n) is 5.79. The lowest BCUT2D eigenvalue weighted by atomic mass is 10.00. The third kappa shape index (κ3) is 1.66. The molecule has 1 N–H and O–H groups in total. The van der Waals surface area contributed by atoms with Gasteiger partial charge >= 0.3 is 12.0 Å². The second kappa shape index (κ2) is 4.36. The minimum Gasteiger partial charge on any atom is -0.479 e. The highest BCUT2D eigenvalue weighted by Gasteiger charge is 2.51. The van der Waals surface area contributed by atoms with E-state index < -0.39 is 18.0 Å². The van der Waals surface area contributed by atoms with Crippen LogP contribution in [0.25, 0.3) is 0 Å². The lowest BCUT2D eigenvalue weighted by Gasteiger charge is -2.27. The molecule has 0 aromatic carbocycles. The molecule has 6 nitrogen and oxygen atoms in total. The number of carboxylic acids is 1. The molecule has 0 unspecified atom stereocenters. The van der Waals surface area contributed by atoms with Crippen LogP contribution >= 0.6 is 11.3 Å². The number of rotatable bonds is 4. The molecule has 1 saturated heterocycles. The Bertz CT molecular complexity index is 556. The highest BCUT2D eigenvalue weighted by Crippen LogP contribution is 2.46. The van der Waals surface area contributed by atoms with Gasteiger partial charge in [-0.15, -0.1) is 17.9 Å². The number of nitrogens with zero attached hydrogens (tertiary/aromatic N) is 2. The molecular formula is C12H12N2O4S. The maximum atomic E-state index is 12.2. The van der Waals surface area contributed by atoms with E-state index in [4.69, 9.17) is 4.84 Å². The Hall–Kier alpha value is -1.86. The van der Waals surface area contributed by atoms with E-state index in [1.54, 1.807) is 6.08 Å². The zero-order valence-electron chi connectivity index (χ0n) is 9.98. The second-order valence-corrected chi connectivity index (χ2v) is 5.29. The van der Waals surface area contributed by atoms with E-state index >= 15 is 0 Å². The van der Waals surface area contributed by atoms with E-state index in [1.807, 2.05) is 11.4 Å². The molecule has 1 aromatic rings. The van der Waals surface area contributed by atoms with Gasteiger partial charge in [-0.3, -0.25) is 4.84 Å². The van der Waals surface area contributed by atoms with Gasteiger partial charge in [0.25, 0.3) is 0 Å². The number of urea groups is 1. The fourth-order valence-electron chi connectivity index (χ4n) is 2.53. The fraction of sp³-hybridized carbons (Fsp3) is 0.333. The zero-order chi connectivity index (χ0) is 13.6. The molecule has 1 fully saturated rings. The van der Waals surface area contributed by atoms with E-state index in [9.17, 15) is 14.7 Å². The van der Waals surface area contributed by atoms with E-state index in [0.717, 1.165) is 5.56 Å². The third-order valence-corrected chi connectivity index (χ3v) is 4.28. The first kappa shape index (κ1) is 12.2. The topological polar surface area (TPSA) is 70.1 Å². The number of amides is 2. The van der Waals surface area contributed by atoms with E-state index in [2.05, 4.69) is 6.58 Å². The largest absolute Gasteiger partial charge is 0.479 e. The summed E-state index contributed by atoms with van der Waals surface area (Å²) in [5.41, 5.74) is 0.864. The zero-order valence-corrected chi connectivity index (χ0v) is 10.8. The molecule has 0 aliphatic carbocycles. The first-order chi connectivity index (χ1) is 9.15. The number of hydrogen-bond donors (Lipinski definition) is 1. The second-order valence-electron chi connectivity index (χ2n) is 4.34. The standard InChI is InChI=1S/C12H12N2O4S/c1-2-4-18-14-8-6-13(12(14)17)9(11(15)16)10-7(8)3-5-19-10/h2-3,5,8-9H,1,4,6H2,(H,15,16)/t8-,9-/m0/s1. The first-order valence-corrected chi connectivity index (χ1v) is 6.67. The molecule has 0 saturated carbocycles. The van der Waals surface area contributed by atoms with Gasteiger partial charge in [0.05, 0.1) is 13.2 Å². The summed E-state index contributed by atoms with van der Waals surface area (Å²) in [6.07, 6.45) is 1.55. The van der Waals surface area contributed by atoms with Crippen molar-refractivity contribution >= 4 is 23.3 Å². The van der Waals surface area contributed by atoms with Crippen LogP contribution in [0.5, 0.6) is 0 Å². The summed E-state index contributed by atoms with van der Waals surface area (Å²) in [5.74, 6) is -1.01. The molecule has 3 heterocycles. The van der Waals surface area contributed by atoms with Crippen molar-refractivity contribution < 1.29 is 19.5 Å². The fourth-order valence-corrected chi connectivity index (χ4v) is 3.59. The lowest BCUT2D eigenvalue weighted by molar-refractivity contribution is -0.142. The number of aliphatic carboxylic acids is 1. The van der Waals surface area contributed by atoms with E-state index in [0.29, 0.717) is 11.4 Å². The molecule has 3 rings (SSSR count). The average Bonchev–Trinajstić information content (AvgIpc) is 2.94. The quantitative estimate of drug-likeness (QED) is 0.854. The number of carboxylic acid groups (broad SMARTS) is 1. The van der Waals surface area contributed by atoms with Gasteiger partial charge in [0.2, 0.25) is 0 Å². The van der Waals surface area contributed by atoms with Crippen molar-refractivity contribution in [2.75, 3.05) is 13.2 Å². The van der Waals surface area contributed by atoms with Crippen LogP contribution in [0.2, 0.25) is 0 Å². The minimum absolute atomic E-state index is 0.216. The molecule has 2 amide bonds. The Kier molecular flexibility index (Phi) is 2.79. The van der Waals surface area contributed by atoms with Crippen LogP contribution in [0.4, 0.5) is 4.79 Å². The Morgan fingerprint density at radius 1 is 1.68 bits per heavy atom. The van der Waals surface area contributed by atoms with Crippen LogP contribution in [0.1, 0.15) is 22.5 Å².